The highest BCUT2D eigenvalue weighted by Crippen LogP contribution is 2.37. The Morgan fingerprint density at radius 3 is 2.50 bits per heavy atom. The third-order valence-electron chi connectivity index (χ3n) is 2.81. The van der Waals surface area contributed by atoms with Gasteiger partial charge in [0.1, 0.15) is 12.4 Å². The molecule has 1 saturated heterocycles. The van der Waals surface area contributed by atoms with Crippen molar-refractivity contribution in [3.05, 3.63) is 31.5 Å². The highest BCUT2D eigenvalue weighted by molar-refractivity contribution is 9.11. The summed E-state index contributed by atoms with van der Waals surface area (Å²) in [5.41, 5.74) is 0.772. The number of ether oxygens (including phenoxy) is 1. The van der Waals surface area contributed by atoms with E-state index in [-0.39, 0.29) is 17.8 Å². The van der Waals surface area contributed by atoms with Gasteiger partial charge in [0.2, 0.25) is 0 Å². The van der Waals surface area contributed by atoms with Crippen LogP contribution in [0.3, 0.4) is 0 Å². The minimum atomic E-state index is -0.266. The Balaban J connectivity index is 2.32. The van der Waals surface area contributed by atoms with E-state index in [9.17, 15) is 9.59 Å². The number of rotatable bonds is 4. The summed E-state index contributed by atoms with van der Waals surface area (Å²) in [7, 11) is 0. The fraction of sp³-hybridized carbons (Fsp3) is 0.200. The Kier molecular flexibility index (Phi) is 5.73. The number of carbonyl (C=O) groups is 2. The number of halogens is 2. The summed E-state index contributed by atoms with van der Waals surface area (Å²) < 4.78 is 6.84. The van der Waals surface area contributed by atoms with E-state index >= 15 is 0 Å². The molecule has 1 aliphatic rings. The smallest absolute Gasteiger partial charge is 0.293 e. The number of thioether (sulfide) groups is 1. The first-order valence-corrected chi connectivity index (χ1v) is 8.68. The van der Waals surface area contributed by atoms with Crippen LogP contribution in [0.5, 0.6) is 5.75 Å². The Morgan fingerprint density at radius 2 is 2.00 bits per heavy atom. The Hall–Kier alpha value is -1.23. The van der Waals surface area contributed by atoms with Gasteiger partial charge in [0, 0.05) is 6.54 Å². The molecule has 1 aromatic rings. The zero-order chi connectivity index (χ0) is 16.3. The third-order valence-corrected chi connectivity index (χ3v) is 4.89. The second-order valence-electron chi connectivity index (χ2n) is 4.23. The molecule has 1 fully saturated rings. The van der Waals surface area contributed by atoms with Crippen LogP contribution in [0.1, 0.15) is 12.5 Å². The van der Waals surface area contributed by atoms with Crippen LogP contribution in [0.25, 0.3) is 6.08 Å². The molecule has 2 rings (SSSR count). The first-order valence-electron chi connectivity index (χ1n) is 6.28. The van der Waals surface area contributed by atoms with Crippen molar-refractivity contribution in [3.8, 4) is 18.1 Å². The van der Waals surface area contributed by atoms with E-state index in [0.717, 1.165) is 17.3 Å². The van der Waals surface area contributed by atoms with Crippen molar-refractivity contribution in [3.63, 3.8) is 0 Å². The van der Waals surface area contributed by atoms with Crippen LogP contribution in [0, 0.1) is 12.3 Å². The number of carbonyl (C=O) groups excluding carboxylic acids is 2. The number of hydrogen-bond donors (Lipinski definition) is 0. The van der Waals surface area contributed by atoms with Gasteiger partial charge < -0.3 is 4.74 Å². The van der Waals surface area contributed by atoms with Gasteiger partial charge >= 0.3 is 0 Å². The average Bonchev–Trinajstić information content (AvgIpc) is 2.72. The van der Waals surface area contributed by atoms with Crippen LogP contribution in [0.2, 0.25) is 0 Å². The summed E-state index contributed by atoms with van der Waals surface area (Å²) >= 11 is 7.76. The quantitative estimate of drug-likeness (QED) is 0.513. The number of amides is 2. The predicted octanol–water partition coefficient (Wildman–Crippen LogP) is 4.28. The summed E-state index contributed by atoms with van der Waals surface area (Å²) in [5.74, 6) is 2.73. The minimum Gasteiger partial charge on any atom is -0.479 e. The first-order chi connectivity index (χ1) is 10.5. The van der Waals surface area contributed by atoms with E-state index in [1.54, 1.807) is 25.1 Å². The number of likely N-dealkylation sites (N-methyl/N-ethyl adjacent to an activating group) is 1. The van der Waals surface area contributed by atoms with Crippen molar-refractivity contribution >= 4 is 60.8 Å². The van der Waals surface area contributed by atoms with Crippen LogP contribution < -0.4 is 4.74 Å². The normalized spacial score (nSPS) is 16.3. The number of nitrogens with zero attached hydrogens (tertiary/aromatic N) is 1. The lowest BCUT2D eigenvalue weighted by molar-refractivity contribution is -0.122. The summed E-state index contributed by atoms with van der Waals surface area (Å²) in [4.78, 5) is 25.4. The largest absolute Gasteiger partial charge is 0.479 e. The number of benzene rings is 1. The number of hydrogen-bond acceptors (Lipinski definition) is 4. The van der Waals surface area contributed by atoms with Gasteiger partial charge in [-0.25, -0.2) is 0 Å². The molecule has 22 heavy (non-hydrogen) atoms. The summed E-state index contributed by atoms with van der Waals surface area (Å²) in [5, 5.41) is -0.245. The molecule has 2 amide bonds. The van der Waals surface area contributed by atoms with Crippen LogP contribution >= 0.6 is 43.6 Å². The SMILES string of the molecule is C#CCOc1c(Br)cc(/C=C2/SC(=O)N(CC)C2=O)cc1Br. The van der Waals surface area contributed by atoms with Crippen molar-refractivity contribution in [2.24, 2.45) is 0 Å². The molecule has 1 heterocycles. The van der Waals surface area contributed by atoms with Gasteiger partial charge in [0.25, 0.3) is 11.1 Å². The Morgan fingerprint density at radius 1 is 1.36 bits per heavy atom. The fourth-order valence-corrected chi connectivity index (χ4v) is 4.19. The molecule has 0 spiro atoms. The van der Waals surface area contributed by atoms with E-state index in [0.29, 0.717) is 26.1 Å². The molecule has 114 valence electrons. The average molecular weight is 445 g/mol. The molecule has 0 aromatic heterocycles. The van der Waals surface area contributed by atoms with Crippen molar-refractivity contribution in [1.82, 2.24) is 4.90 Å². The maximum atomic E-state index is 12.1. The topological polar surface area (TPSA) is 46.6 Å². The standard InChI is InChI=1S/C15H11Br2NO3S/c1-3-5-21-13-10(16)6-9(7-11(13)17)8-12-14(19)18(4-2)15(20)22-12/h1,6-8H,4-5H2,2H3/b12-8+. The molecule has 0 atom stereocenters. The molecular formula is C15H11Br2NO3S. The zero-order valence-corrected chi connectivity index (χ0v) is 15.5. The molecule has 4 nitrogen and oxygen atoms in total. The van der Waals surface area contributed by atoms with Gasteiger partial charge in [0.05, 0.1) is 13.9 Å². The van der Waals surface area contributed by atoms with Gasteiger partial charge in [0.15, 0.2) is 0 Å². The highest BCUT2D eigenvalue weighted by Gasteiger charge is 2.33. The minimum absolute atomic E-state index is 0.159. The fourth-order valence-electron chi connectivity index (χ4n) is 1.84. The number of terminal acetylenes is 1. The maximum absolute atomic E-state index is 12.1. The van der Waals surface area contributed by atoms with Gasteiger partial charge in [-0.15, -0.1) is 6.42 Å². The Labute approximate surface area is 149 Å². The molecular weight excluding hydrogens is 434 g/mol. The van der Waals surface area contributed by atoms with E-state index in [1.807, 2.05) is 0 Å². The molecule has 0 unspecified atom stereocenters. The van der Waals surface area contributed by atoms with Crippen molar-refractivity contribution < 1.29 is 14.3 Å². The monoisotopic (exact) mass is 443 g/mol. The second-order valence-corrected chi connectivity index (χ2v) is 6.93. The van der Waals surface area contributed by atoms with E-state index in [2.05, 4.69) is 37.8 Å². The van der Waals surface area contributed by atoms with Gasteiger partial charge in [-0.3, -0.25) is 14.5 Å². The van der Waals surface area contributed by atoms with Crippen LogP contribution in [0.15, 0.2) is 26.0 Å². The van der Waals surface area contributed by atoms with Crippen molar-refractivity contribution in [1.29, 1.82) is 0 Å². The van der Waals surface area contributed by atoms with Crippen LogP contribution in [-0.4, -0.2) is 29.2 Å². The lowest BCUT2D eigenvalue weighted by Gasteiger charge is -2.09. The van der Waals surface area contributed by atoms with E-state index < -0.39 is 0 Å². The van der Waals surface area contributed by atoms with Gasteiger partial charge in [-0.1, -0.05) is 5.92 Å². The van der Waals surface area contributed by atoms with Crippen LogP contribution in [-0.2, 0) is 4.79 Å². The third kappa shape index (κ3) is 3.57. The molecule has 1 aromatic carbocycles. The van der Waals surface area contributed by atoms with Crippen molar-refractivity contribution in [2.45, 2.75) is 6.92 Å². The molecule has 0 aliphatic carbocycles. The first kappa shape index (κ1) is 17.1. The molecule has 0 saturated carbocycles. The molecule has 0 N–H and O–H groups in total. The molecule has 0 bridgehead atoms. The van der Waals surface area contributed by atoms with Gasteiger partial charge in [-0.2, -0.15) is 0 Å². The molecule has 0 radical (unpaired) electrons. The summed E-state index contributed by atoms with van der Waals surface area (Å²) in [6.07, 6.45) is 6.86. The Bertz CT molecular complexity index is 686. The molecule has 1 aliphatic heterocycles. The highest BCUT2D eigenvalue weighted by atomic mass is 79.9. The maximum Gasteiger partial charge on any atom is 0.293 e. The number of imide groups is 1. The van der Waals surface area contributed by atoms with E-state index in [4.69, 9.17) is 11.2 Å². The predicted molar refractivity (Wildman–Crippen MR) is 94.5 cm³/mol. The van der Waals surface area contributed by atoms with E-state index in [1.165, 1.54) is 4.90 Å². The summed E-state index contributed by atoms with van der Waals surface area (Å²) in [6, 6.07) is 3.60. The second kappa shape index (κ2) is 7.36. The zero-order valence-electron chi connectivity index (χ0n) is 11.6. The molecule has 7 heteroatoms. The van der Waals surface area contributed by atoms with Crippen molar-refractivity contribution in [2.75, 3.05) is 13.2 Å². The lowest BCUT2D eigenvalue weighted by Crippen LogP contribution is -2.27. The summed E-state index contributed by atoms with van der Waals surface area (Å²) in [6.45, 7) is 2.30. The van der Waals surface area contributed by atoms with Gasteiger partial charge in [-0.05, 0) is 74.3 Å². The lowest BCUT2D eigenvalue weighted by atomic mass is 10.2. The van der Waals surface area contributed by atoms with Crippen LogP contribution in [0.4, 0.5) is 4.79 Å².